The summed E-state index contributed by atoms with van der Waals surface area (Å²) in [5.41, 5.74) is 1.36. The highest BCUT2D eigenvalue weighted by molar-refractivity contribution is 6.16. The van der Waals surface area contributed by atoms with E-state index in [1.807, 2.05) is 36.4 Å². The van der Waals surface area contributed by atoms with Crippen LogP contribution < -0.4 is 0 Å². The molecule has 1 heterocycles. The van der Waals surface area contributed by atoms with Crippen molar-refractivity contribution in [3.05, 3.63) is 47.5 Å². The average molecular weight is 255 g/mol. The predicted octanol–water partition coefficient (Wildman–Crippen LogP) is 1.36. The monoisotopic (exact) mass is 255 g/mol. The van der Waals surface area contributed by atoms with Crippen LogP contribution in [0.25, 0.3) is 10.8 Å². The van der Waals surface area contributed by atoms with Crippen molar-refractivity contribution in [3.63, 3.8) is 0 Å². The summed E-state index contributed by atoms with van der Waals surface area (Å²) in [6.07, 6.45) is 0.214. The lowest BCUT2D eigenvalue weighted by atomic mass is 9.93. The number of nitrogens with zero attached hydrogens (tertiary/aromatic N) is 1. The minimum absolute atomic E-state index is 0.0559. The maximum absolute atomic E-state index is 12.4. The maximum Gasteiger partial charge on any atom is 0.261 e. The van der Waals surface area contributed by atoms with Gasteiger partial charge in [-0.2, -0.15) is 0 Å². The van der Waals surface area contributed by atoms with Gasteiger partial charge in [0.2, 0.25) is 5.91 Å². The summed E-state index contributed by atoms with van der Waals surface area (Å²) in [5, 5.41) is 10.8. The van der Waals surface area contributed by atoms with Gasteiger partial charge in [0.25, 0.3) is 5.91 Å². The number of hydrogen-bond acceptors (Lipinski definition) is 3. The van der Waals surface area contributed by atoms with Gasteiger partial charge in [0.05, 0.1) is 25.1 Å². The van der Waals surface area contributed by atoms with Crippen molar-refractivity contribution in [1.82, 2.24) is 4.90 Å². The molecule has 0 spiro atoms. The van der Waals surface area contributed by atoms with Crippen molar-refractivity contribution in [2.75, 3.05) is 13.2 Å². The zero-order chi connectivity index (χ0) is 13.4. The Morgan fingerprint density at radius 3 is 2.68 bits per heavy atom. The molecule has 0 radical (unpaired) electrons. The molecule has 19 heavy (non-hydrogen) atoms. The van der Waals surface area contributed by atoms with E-state index in [0.717, 1.165) is 21.2 Å². The standard InChI is InChI=1S/C15H13NO3/c17-8-7-16-13(18)9-11-6-5-10-3-1-2-4-12(10)14(11)15(16)19/h1-6,17H,7-9H2. The van der Waals surface area contributed by atoms with Crippen LogP contribution in [0, 0.1) is 0 Å². The first kappa shape index (κ1) is 11.9. The predicted molar refractivity (Wildman–Crippen MR) is 70.8 cm³/mol. The van der Waals surface area contributed by atoms with E-state index in [1.165, 1.54) is 0 Å². The lowest BCUT2D eigenvalue weighted by Crippen LogP contribution is -2.43. The van der Waals surface area contributed by atoms with Crippen LogP contribution in [0.4, 0.5) is 0 Å². The molecule has 4 heteroatoms. The molecule has 0 fully saturated rings. The Kier molecular flexibility index (Phi) is 2.80. The van der Waals surface area contributed by atoms with Crippen molar-refractivity contribution >= 4 is 22.6 Å². The molecule has 0 unspecified atom stereocenters. The molecule has 0 bridgehead atoms. The Balaban J connectivity index is 2.22. The molecular weight excluding hydrogens is 242 g/mol. The molecule has 2 aromatic carbocycles. The summed E-state index contributed by atoms with van der Waals surface area (Å²) in [5.74, 6) is -0.557. The third-order valence-electron chi connectivity index (χ3n) is 3.44. The number of carbonyl (C=O) groups is 2. The molecule has 96 valence electrons. The summed E-state index contributed by atoms with van der Waals surface area (Å²) < 4.78 is 0. The van der Waals surface area contributed by atoms with E-state index >= 15 is 0 Å². The molecule has 0 aromatic heterocycles. The molecule has 0 saturated carbocycles. The third kappa shape index (κ3) is 1.81. The Morgan fingerprint density at radius 1 is 1.11 bits per heavy atom. The van der Waals surface area contributed by atoms with Gasteiger partial charge < -0.3 is 5.11 Å². The van der Waals surface area contributed by atoms with E-state index in [9.17, 15) is 9.59 Å². The quantitative estimate of drug-likeness (QED) is 0.824. The minimum Gasteiger partial charge on any atom is -0.395 e. The number of aliphatic hydroxyl groups is 1. The first-order valence-corrected chi connectivity index (χ1v) is 6.18. The fourth-order valence-electron chi connectivity index (χ4n) is 2.55. The SMILES string of the molecule is O=C1Cc2ccc3ccccc3c2C(=O)N1CCO. The van der Waals surface area contributed by atoms with Gasteiger partial charge in [0.15, 0.2) is 0 Å². The fraction of sp³-hybridized carbons (Fsp3) is 0.200. The second kappa shape index (κ2) is 4.48. The summed E-state index contributed by atoms with van der Waals surface area (Å²) in [6.45, 7) is -0.155. The molecule has 2 amide bonds. The molecular formula is C15H13NO3. The Labute approximate surface area is 110 Å². The molecule has 1 N–H and O–H groups in total. The van der Waals surface area contributed by atoms with E-state index < -0.39 is 0 Å². The highest BCUT2D eigenvalue weighted by Gasteiger charge is 2.31. The second-order valence-corrected chi connectivity index (χ2v) is 4.57. The molecule has 3 rings (SSSR count). The van der Waals surface area contributed by atoms with Crippen molar-refractivity contribution in [2.45, 2.75) is 6.42 Å². The van der Waals surface area contributed by atoms with Gasteiger partial charge in [0.1, 0.15) is 0 Å². The molecule has 1 aliphatic rings. The van der Waals surface area contributed by atoms with Crippen molar-refractivity contribution in [1.29, 1.82) is 0 Å². The molecule has 0 saturated heterocycles. The summed E-state index contributed by atoms with van der Waals surface area (Å²) in [6, 6.07) is 11.4. The van der Waals surface area contributed by atoms with Crippen molar-refractivity contribution in [2.24, 2.45) is 0 Å². The molecule has 4 nitrogen and oxygen atoms in total. The Morgan fingerprint density at radius 2 is 1.89 bits per heavy atom. The molecule has 1 aliphatic heterocycles. The van der Waals surface area contributed by atoms with Gasteiger partial charge in [-0.1, -0.05) is 36.4 Å². The minimum atomic E-state index is -0.308. The lowest BCUT2D eigenvalue weighted by molar-refractivity contribution is -0.128. The van der Waals surface area contributed by atoms with E-state index in [4.69, 9.17) is 5.11 Å². The smallest absolute Gasteiger partial charge is 0.261 e. The number of rotatable bonds is 2. The van der Waals surface area contributed by atoms with Crippen molar-refractivity contribution < 1.29 is 14.7 Å². The van der Waals surface area contributed by atoms with Gasteiger partial charge in [-0.05, 0) is 16.3 Å². The highest BCUT2D eigenvalue weighted by atomic mass is 16.3. The van der Waals surface area contributed by atoms with Gasteiger partial charge in [0, 0.05) is 0 Å². The van der Waals surface area contributed by atoms with Crippen LogP contribution in [0.1, 0.15) is 15.9 Å². The number of β-amino-alcohol motifs (C(OH)–C–C–N with tert-alkyl or cyclic N) is 1. The van der Waals surface area contributed by atoms with Crippen LogP contribution in [-0.4, -0.2) is 35.0 Å². The number of imide groups is 1. The van der Waals surface area contributed by atoms with Crippen LogP contribution in [0.15, 0.2) is 36.4 Å². The van der Waals surface area contributed by atoms with Gasteiger partial charge in [-0.3, -0.25) is 14.5 Å². The van der Waals surface area contributed by atoms with E-state index in [1.54, 1.807) is 0 Å². The topological polar surface area (TPSA) is 57.6 Å². The second-order valence-electron chi connectivity index (χ2n) is 4.57. The number of carbonyl (C=O) groups excluding carboxylic acids is 2. The van der Waals surface area contributed by atoms with Crippen LogP contribution in [0.3, 0.4) is 0 Å². The van der Waals surface area contributed by atoms with Gasteiger partial charge in [-0.15, -0.1) is 0 Å². The Hall–Kier alpha value is -2.20. The number of hydrogen-bond donors (Lipinski definition) is 1. The van der Waals surface area contributed by atoms with Crippen LogP contribution >= 0.6 is 0 Å². The number of fused-ring (bicyclic) bond motifs is 3. The normalized spacial score (nSPS) is 14.9. The number of benzene rings is 2. The first-order chi connectivity index (χ1) is 9.22. The molecule has 0 atom stereocenters. The summed E-state index contributed by atoms with van der Waals surface area (Å²) >= 11 is 0. The summed E-state index contributed by atoms with van der Waals surface area (Å²) in [4.78, 5) is 25.4. The first-order valence-electron chi connectivity index (χ1n) is 6.18. The zero-order valence-corrected chi connectivity index (χ0v) is 10.3. The van der Waals surface area contributed by atoms with Crippen LogP contribution in [0.2, 0.25) is 0 Å². The highest BCUT2D eigenvalue weighted by Crippen LogP contribution is 2.27. The summed E-state index contributed by atoms with van der Waals surface area (Å²) in [7, 11) is 0. The lowest BCUT2D eigenvalue weighted by Gasteiger charge is -2.27. The van der Waals surface area contributed by atoms with Gasteiger partial charge in [-0.25, -0.2) is 0 Å². The fourth-order valence-corrected chi connectivity index (χ4v) is 2.55. The molecule has 2 aromatic rings. The van der Waals surface area contributed by atoms with Crippen molar-refractivity contribution in [3.8, 4) is 0 Å². The number of amides is 2. The molecule has 0 aliphatic carbocycles. The maximum atomic E-state index is 12.4. The number of aliphatic hydroxyl groups excluding tert-OH is 1. The average Bonchev–Trinajstić information content (AvgIpc) is 2.42. The van der Waals surface area contributed by atoms with E-state index in [0.29, 0.717) is 5.56 Å². The van der Waals surface area contributed by atoms with Gasteiger partial charge >= 0.3 is 0 Å². The largest absolute Gasteiger partial charge is 0.395 e. The van der Waals surface area contributed by atoms with E-state index in [2.05, 4.69) is 0 Å². The van der Waals surface area contributed by atoms with Crippen LogP contribution in [0.5, 0.6) is 0 Å². The zero-order valence-electron chi connectivity index (χ0n) is 10.3. The Bertz CT molecular complexity index is 678. The van der Waals surface area contributed by atoms with Crippen LogP contribution in [-0.2, 0) is 11.2 Å². The third-order valence-corrected chi connectivity index (χ3v) is 3.44. The van der Waals surface area contributed by atoms with E-state index in [-0.39, 0.29) is 31.4 Å².